The van der Waals surface area contributed by atoms with Crippen molar-refractivity contribution in [1.29, 1.82) is 0 Å². The molecule has 0 aliphatic rings. The van der Waals surface area contributed by atoms with E-state index in [9.17, 15) is 17.8 Å². The normalized spacial score (nSPS) is 11.5. The zero-order chi connectivity index (χ0) is 23.3. The SMILES string of the molecule is CCCS(=O)Nc1ccc(F)c(NC(=O)c2cc(C#CCO)cc3c(N)ncnc23)c1F. The number of amides is 1. The van der Waals surface area contributed by atoms with E-state index in [1.165, 1.54) is 6.07 Å². The minimum Gasteiger partial charge on any atom is -0.384 e. The minimum absolute atomic E-state index is 0.0504. The number of aliphatic hydroxyl groups is 1. The summed E-state index contributed by atoms with van der Waals surface area (Å²) >= 11 is 0. The second kappa shape index (κ2) is 10.1. The topological polar surface area (TPSA) is 130 Å². The number of hydrogen-bond acceptors (Lipinski definition) is 6. The molecular formula is C21H19F2N5O3S. The number of hydrogen-bond donors (Lipinski definition) is 4. The highest BCUT2D eigenvalue weighted by molar-refractivity contribution is 7.86. The van der Waals surface area contributed by atoms with Crippen LogP contribution in [0.3, 0.4) is 0 Å². The van der Waals surface area contributed by atoms with E-state index in [-0.39, 0.29) is 28.3 Å². The number of rotatable bonds is 6. The molecule has 166 valence electrons. The summed E-state index contributed by atoms with van der Waals surface area (Å²) in [5.74, 6) is 2.48. The van der Waals surface area contributed by atoms with Crippen LogP contribution in [0.2, 0.25) is 0 Å². The fourth-order valence-corrected chi connectivity index (χ4v) is 3.74. The van der Waals surface area contributed by atoms with Gasteiger partial charge in [0.1, 0.15) is 41.2 Å². The van der Waals surface area contributed by atoms with Crippen molar-refractivity contribution in [3.63, 3.8) is 0 Å². The molecule has 0 fully saturated rings. The third-order valence-electron chi connectivity index (χ3n) is 4.27. The van der Waals surface area contributed by atoms with Gasteiger partial charge in [-0.05, 0) is 30.7 Å². The van der Waals surface area contributed by atoms with Crippen LogP contribution in [0, 0.1) is 23.5 Å². The Morgan fingerprint density at radius 1 is 1.28 bits per heavy atom. The molecule has 1 unspecified atom stereocenters. The van der Waals surface area contributed by atoms with E-state index in [4.69, 9.17) is 10.8 Å². The van der Waals surface area contributed by atoms with Gasteiger partial charge in [0.05, 0.1) is 16.8 Å². The van der Waals surface area contributed by atoms with Gasteiger partial charge in [-0.2, -0.15) is 0 Å². The number of nitrogen functional groups attached to an aromatic ring is 1. The van der Waals surface area contributed by atoms with E-state index >= 15 is 0 Å². The van der Waals surface area contributed by atoms with Crippen molar-refractivity contribution < 1.29 is 22.9 Å². The minimum atomic E-state index is -1.56. The molecule has 3 rings (SSSR count). The summed E-state index contributed by atoms with van der Waals surface area (Å²) in [6.45, 7) is 1.40. The summed E-state index contributed by atoms with van der Waals surface area (Å²) in [7, 11) is -1.56. The molecule has 0 spiro atoms. The lowest BCUT2D eigenvalue weighted by Gasteiger charge is -2.13. The summed E-state index contributed by atoms with van der Waals surface area (Å²) < 4.78 is 43.6. The Labute approximate surface area is 184 Å². The first kappa shape index (κ1) is 23.1. The molecule has 5 N–H and O–H groups in total. The van der Waals surface area contributed by atoms with Crippen molar-refractivity contribution in [1.82, 2.24) is 9.97 Å². The fourth-order valence-electron chi connectivity index (χ4n) is 2.86. The van der Waals surface area contributed by atoms with Crippen LogP contribution < -0.4 is 15.8 Å². The van der Waals surface area contributed by atoms with Crippen molar-refractivity contribution in [2.24, 2.45) is 0 Å². The van der Waals surface area contributed by atoms with Crippen molar-refractivity contribution in [2.45, 2.75) is 13.3 Å². The van der Waals surface area contributed by atoms with Crippen LogP contribution in [0.15, 0.2) is 30.6 Å². The molecule has 1 amide bonds. The predicted molar refractivity (Wildman–Crippen MR) is 119 cm³/mol. The number of nitrogens with one attached hydrogen (secondary N) is 2. The molecule has 32 heavy (non-hydrogen) atoms. The standard InChI is InChI=1S/C21H19F2N5O3S/c1-2-8-32(31)28-16-6-5-15(22)19(17(16)23)27-21(30)14-10-12(4-3-7-29)9-13-18(14)25-11-26-20(13)24/h5-6,9-11,28-29H,2,7-8H2,1H3,(H,27,30)(H2,24,25,26). The summed E-state index contributed by atoms with van der Waals surface area (Å²) in [6, 6.07) is 4.95. The van der Waals surface area contributed by atoms with Gasteiger partial charge in [-0.3, -0.25) is 4.79 Å². The van der Waals surface area contributed by atoms with Gasteiger partial charge in [0.2, 0.25) is 0 Å². The molecule has 0 aliphatic heterocycles. The zero-order valence-electron chi connectivity index (χ0n) is 16.9. The molecule has 2 aromatic carbocycles. The number of carbonyl (C=O) groups excluding carboxylic acids is 1. The molecule has 0 saturated carbocycles. The number of anilines is 3. The van der Waals surface area contributed by atoms with Crippen LogP contribution in [-0.4, -0.2) is 37.6 Å². The number of aromatic nitrogens is 2. The lowest BCUT2D eigenvalue weighted by molar-refractivity contribution is 0.102. The molecule has 1 aromatic heterocycles. The Hall–Kier alpha value is -3.62. The largest absolute Gasteiger partial charge is 0.384 e. The Morgan fingerprint density at radius 2 is 2.06 bits per heavy atom. The van der Waals surface area contributed by atoms with Gasteiger partial charge in [0.25, 0.3) is 5.91 Å². The molecular weight excluding hydrogens is 440 g/mol. The highest BCUT2D eigenvalue weighted by Gasteiger charge is 2.21. The Bertz CT molecular complexity index is 1270. The number of nitrogens with two attached hydrogens (primary N) is 1. The maximum atomic E-state index is 14.9. The molecule has 0 aliphatic carbocycles. The average molecular weight is 459 g/mol. The maximum absolute atomic E-state index is 14.9. The van der Waals surface area contributed by atoms with Gasteiger partial charge in [-0.25, -0.2) is 23.0 Å². The van der Waals surface area contributed by atoms with Gasteiger partial charge >= 0.3 is 0 Å². The molecule has 1 heterocycles. The summed E-state index contributed by atoms with van der Waals surface area (Å²) in [4.78, 5) is 20.9. The first-order valence-electron chi connectivity index (χ1n) is 9.44. The number of halogens is 2. The lowest BCUT2D eigenvalue weighted by Crippen LogP contribution is -2.17. The molecule has 8 nitrogen and oxygen atoms in total. The van der Waals surface area contributed by atoms with E-state index < -0.39 is 40.8 Å². The molecule has 0 radical (unpaired) electrons. The van der Waals surface area contributed by atoms with Crippen molar-refractivity contribution in [3.8, 4) is 11.8 Å². The highest BCUT2D eigenvalue weighted by Crippen LogP contribution is 2.28. The Morgan fingerprint density at radius 3 is 2.78 bits per heavy atom. The van der Waals surface area contributed by atoms with E-state index in [0.717, 1.165) is 18.5 Å². The van der Waals surface area contributed by atoms with Crippen LogP contribution in [-0.2, 0) is 11.0 Å². The maximum Gasteiger partial charge on any atom is 0.258 e. The van der Waals surface area contributed by atoms with E-state index in [2.05, 4.69) is 31.8 Å². The van der Waals surface area contributed by atoms with Crippen LogP contribution in [0.4, 0.5) is 26.0 Å². The monoisotopic (exact) mass is 459 g/mol. The summed E-state index contributed by atoms with van der Waals surface area (Å²) in [5, 5.41) is 11.5. The van der Waals surface area contributed by atoms with Gasteiger partial charge in [0, 0.05) is 16.7 Å². The molecule has 3 aromatic rings. The lowest BCUT2D eigenvalue weighted by atomic mass is 10.0. The van der Waals surface area contributed by atoms with Crippen molar-refractivity contribution >= 4 is 45.0 Å². The van der Waals surface area contributed by atoms with Gasteiger partial charge in [-0.15, -0.1) is 0 Å². The smallest absolute Gasteiger partial charge is 0.258 e. The Balaban J connectivity index is 2.04. The highest BCUT2D eigenvalue weighted by atomic mass is 32.2. The Kier molecular flexibility index (Phi) is 7.29. The van der Waals surface area contributed by atoms with Crippen LogP contribution >= 0.6 is 0 Å². The average Bonchev–Trinajstić information content (AvgIpc) is 2.77. The second-order valence-corrected chi connectivity index (χ2v) is 7.83. The molecule has 11 heteroatoms. The predicted octanol–water partition coefficient (Wildman–Crippen LogP) is 2.57. The number of fused-ring (bicyclic) bond motifs is 1. The van der Waals surface area contributed by atoms with Gasteiger partial charge in [0.15, 0.2) is 5.82 Å². The van der Waals surface area contributed by atoms with Gasteiger partial charge < -0.3 is 20.9 Å². The quantitative estimate of drug-likeness (QED) is 0.419. The molecule has 0 bridgehead atoms. The van der Waals surface area contributed by atoms with Crippen molar-refractivity contribution in [2.75, 3.05) is 28.1 Å². The van der Waals surface area contributed by atoms with Crippen molar-refractivity contribution in [3.05, 3.63) is 53.4 Å². The summed E-state index contributed by atoms with van der Waals surface area (Å²) in [5.41, 5.74) is 5.38. The summed E-state index contributed by atoms with van der Waals surface area (Å²) in [6.07, 6.45) is 1.75. The number of nitrogens with zero attached hydrogens (tertiary/aromatic N) is 2. The van der Waals surface area contributed by atoms with Crippen LogP contribution in [0.1, 0.15) is 29.3 Å². The third kappa shape index (κ3) is 4.99. The van der Waals surface area contributed by atoms with E-state index in [1.54, 1.807) is 6.07 Å². The zero-order valence-corrected chi connectivity index (χ0v) is 17.7. The van der Waals surface area contributed by atoms with Gasteiger partial charge in [-0.1, -0.05) is 18.8 Å². The molecule has 1 atom stereocenters. The second-order valence-electron chi connectivity index (χ2n) is 6.53. The van der Waals surface area contributed by atoms with Crippen LogP contribution in [0.5, 0.6) is 0 Å². The number of aliphatic hydroxyl groups excluding tert-OH is 1. The van der Waals surface area contributed by atoms with E-state index in [1.807, 2.05) is 6.92 Å². The third-order valence-corrected chi connectivity index (χ3v) is 5.50. The fraction of sp³-hybridized carbons (Fsp3) is 0.190. The number of benzene rings is 2. The van der Waals surface area contributed by atoms with Crippen LogP contribution in [0.25, 0.3) is 10.9 Å². The number of carbonyl (C=O) groups is 1. The first-order chi connectivity index (χ1) is 15.3. The molecule has 0 saturated heterocycles. The van der Waals surface area contributed by atoms with E-state index in [0.29, 0.717) is 17.4 Å². The first-order valence-corrected chi connectivity index (χ1v) is 10.8.